The third-order valence-corrected chi connectivity index (χ3v) is 3.57. The number of hydrogen-bond acceptors (Lipinski definition) is 3. The van der Waals surface area contributed by atoms with Crippen molar-refractivity contribution in [3.05, 3.63) is 65.7 Å². The largest absolute Gasteiger partial charge is 0.350 e. The van der Waals surface area contributed by atoms with E-state index in [-0.39, 0.29) is 11.5 Å². The van der Waals surface area contributed by atoms with E-state index >= 15 is 0 Å². The third-order valence-electron chi connectivity index (χ3n) is 3.57. The molecule has 0 heterocycles. The Hall–Kier alpha value is -3.35. The van der Waals surface area contributed by atoms with Crippen LogP contribution < -0.4 is 16.5 Å². The van der Waals surface area contributed by atoms with Crippen molar-refractivity contribution < 1.29 is 14.4 Å². The van der Waals surface area contributed by atoms with Crippen molar-refractivity contribution in [3.63, 3.8) is 0 Å². The molecular weight excluding hydrogens is 320 g/mol. The number of carbonyl (C=O) groups is 3. The molecule has 7 nitrogen and oxygen atoms in total. The van der Waals surface area contributed by atoms with Gasteiger partial charge >= 0.3 is 6.03 Å². The molecule has 0 aliphatic carbocycles. The van der Waals surface area contributed by atoms with Gasteiger partial charge in [0.25, 0.3) is 5.91 Å². The molecule has 2 aromatic carbocycles. The first-order chi connectivity index (χ1) is 11.9. The van der Waals surface area contributed by atoms with Crippen molar-refractivity contribution in [3.8, 4) is 0 Å². The lowest BCUT2D eigenvalue weighted by Crippen LogP contribution is -2.50. The number of amides is 4. The van der Waals surface area contributed by atoms with Crippen LogP contribution >= 0.6 is 0 Å². The van der Waals surface area contributed by atoms with Gasteiger partial charge in [-0.3, -0.25) is 15.0 Å². The summed E-state index contributed by atoms with van der Waals surface area (Å²) in [6, 6.07) is 14.4. The second-order valence-corrected chi connectivity index (χ2v) is 5.50. The summed E-state index contributed by atoms with van der Waals surface area (Å²) < 4.78 is 0. The number of urea groups is 1. The Morgan fingerprint density at radius 1 is 1.04 bits per heavy atom. The van der Waals surface area contributed by atoms with Crippen LogP contribution in [-0.4, -0.2) is 22.9 Å². The molecule has 130 valence electrons. The van der Waals surface area contributed by atoms with Crippen molar-refractivity contribution in [2.45, 2.75) is 19.9 Å². The van der Waals surface area contributed by atoms with Gasteiger partial charge in [-0.25, -0.2) is 9.80 Å². The average molecular weight is 340 g/mol. The minimum absolute atomic E-state index is 0.242. The number of nitrogens with two attached hydrogens (primary N) is 1. The van der Waals surface area contributed by atoms with Gasteiger partial charge in [0, 0.05) is 18.2 Å². The fourth-order valence-electron chi connectivity index (χ4n) is 2.34. The van der Waals surface area contributed by atoms with E-state index in [9.17, 15) is 14.4 Å². The molecular formula is C18H20N4O3. The lowest BCUT2D eigenvalue weighted by molar-refractivity contribution is -0.114. The zero-order chi connectivity index (χ0) is 18.4. The highest BCUT2D eigenvalue weighted by Gasteiger charge is 2.22. The van der Waals surface area contributed by atoms with Gasteiger partial charge in [-0.05, 0) is 30.7 Å². The van der Waals surface area contributed by atoms with Crippen LogP contribution in [0.2, 0.25) is 0 Å². The van der Waals surface area contributed by atoms with Crippen LogP contribution in [-0.2, 0) is 4.79 Å². The molecule has 0 fully saturated rings. The van der Waals surface area contributed by atoms with Gasteiger partial charge in [0.1, 0.15) is 0 Å². The first-order valence-corrected chi connectivity index (χ1v) is 7.70. The van der Waals surface area contributed by atoms with Crippen LogP contribution in [0.3, 0.4) is 0 Å². The molecule has 4 N–H and O–H groups in total. The predicted molar refractivity (Wildman–Crippen MR) is 94.5 cm³/mol. The number of carbonyl (C=O) groups excluding carboxylic acids is 3. The Morgan fingerprint density at radius 3 is 2.32 bits per heavy atom. The average Bonchev–Trinajstić information content (AvgIpc) is 2.59. The smallest absolute Gasteiger partial charge is 0.334 e. The summed E-state index contributed by atoms with van der Waals surface area (Å²) in [5, 5.41) is 3.67. The zero-order valence-electron chi connectivity index (χ0n) is 14.0. The van der Waals surface area contributed by atoms with Crippen LogP contribution in [0, 0.1) is 0 Å². The van der Waals surface area contributed by atoms with Crippen LogP contribution in [0.1, 0.15) is 35.8 Å². The second kappa shape index (κ2) is 7.96. The lowest BCUT2D eigenvalue weighted by Gasteiger charge is -2.28. The zero-order valence-corrected chi connectivity index (χ0v) is 14.0. The molecule has 25 heavy (non-hydrogen) atoms. The number of nitrogens with zero attached hydrogens (tertiary/aromatic N) is 1. The molecule has 7 heteroatoms. The molecule has 0 spiro atoms. The minimum atomic E-state index is -0.775. The Balaban J connectivity index is 2.18. The van der Waals surface area contributed by atoms with Gasteiger partial charge in [-0.1, -0.05) is 36.4 Å². The number of hydrazine groups is 1. The van der Waals surface area contributed by atoms with Crippen LogP contribution in [0.4, 0.5) is 10.5 Å². The molecule has 2 rings (SSSR count). The molecule has 1 unspecified atom stereocenters. The van der Waals surface area contributed by atoms with Gasteiger partial charge in [-0.15, -0.1) is 0 Å². The van der Waals surface area contributed by atoms with Gasteiger partial charge < -0.3 is 11.1 Å². The summed E-state index contributed by atoms with van der Waals surface area (Å²) in [7, 11) is 0. The second-order valence-electron chi connectivity index (χ2n) is 5.50. The molecule has 0 saturated carbocycles. The van der Waals surface area contributed by atoms with E-state index in [1.165, 1.54) is 13.0 Å². The van der Waals surface area contributed by atoms with E-state index in [2.05, 4.69) is 10.7 Å². The number of anilines is 1. The fourth-order valence-corrected chi connectivity index (χ4v) is 2.34. The highest BCUT2D eigenvalue weighted by atomic mass is 16.2. The monoisotopic (exact) mass is 340 g/mol. The van der Waals surface area contributed by atoms with Crippen molar-refractivity contribution >= 4 is 23.5 Å². The van der Waals surface area contributed by atoms with Crippen molar-refractivity contribution in [1.29, 1.82) is 0 Å². The maximum atomic E-state index is 12.5. The Kier molecular flexibility index (Phi) is 5.73. The number of benzene rings is 2. The predicted octanol–water partition coefficient (Wildman–Crippen LogP) is 2.43. The summed E-state index contributed by atoms with van der Waals surface area (Å²) >= 11 is 0. The molecule has 2 aromatic rings. The molecule has 0 aliphatic rings. The standard InChI is InChI=1S/C18H20N4O3/c1-12(14-7-4-3-5-8-14)22(18(19)25)21-17(24)15-9-6-10-16(11-15)20-13(2)23/h3-12H,1-2H3,(H2,19,25)(H,20,23)(H,21,24). The maximum Gasteiger partial charge on any atom is 0.334 e. The Bertz CT molecular complexity index is 777. The van der Waals surface area contributed by atoms with Gasteiger partial charge in [-0.2, -0.15) is 0 Å². The normalized spacial score (nSPS) is 11.3. The molecule has 0 saturated heterocycles. The summed E-state index contributed by atoms with van der Waals surface area (Å²) in [5.41, 5.74) is 9.54. The summed E-state index contributed by atoms with van der Waals surface area (Å²) in [6.07, 6.45) is 0. The SMILES string of the molecule is CC(=O)Nc1cccc(C(=O)NN(C(N)=O)C(C)c2ccccc2)c1. The van der Waals surface area contributed by atoms with Gasteiger partial charge in [0.05, 0.1) is 6.04 Å². The Morgan fingerprint density at radius 2 is 1.72 bits per heavy atom. The highest BCUT2D eigenvalue weighted by Crippen LogP contribution is 2.18. The number of hydrogen-bond donors (Lipinski definition) is 3. The lowest BCUT2D eigenvalue weighted by atomic mass is 10.1. The van der Waals surface area contributed by atoms with E-state index in [0.29, 0.717) is 5.69 Å². The van der Waals surface area contributed by atoms with E-state index in [4.69, 9.17) is 5.73 Å². The molecule has 0 radical (unpaired) electrons. The van der Waals surface area contributed by atoms with Gasteiger partial charge in [0.15, 0.2) is 0 Å². The van der Waals surface area contributed by atoms with E-state index in [1.807, 2.05) is 30.3 Å². The summed E-state index contributed by atoms with van der Waals surface area (Å²) in [5.74, 6) is -0.747. The Labute approximate surface area is 145 Å². The maximum absolute atomic E-state index is 12.5. The van der Waals surface area contributed by atoms with Crippen molar-refractivity contribution in [1.82, 2.24) is 10.4 Å². The highest BCUT2D eigenvalue weighted by molar-refractivity contribution is 5.97. The summed E-state index contributed by atoms with van der Waals surface area (Å²) in [6.45, 7) is 3.14. The van der Waals surface area contributed by atoms with E-state index in [1.54, 1.807) is 25.1 Å². The summed E-state index contributed by atoms with van der Waals surface area (Å²) in [4.78, 5) is 35.4. The van der Waals surface area contributed by atoms with E-state index in [0.717, 1.165) is 10.6 Å². The first kappa shape index (κ1) is 18.0. The van der Waals surface area contributed by atoms with Crippen LogP contribution in [0.5, 0.6) is 0 Å². The third kappa shape index (κ3) is 4.81. The quantitative estimate of drug-likeness (QED) is 0.744. The minimum Gasteiger partial charge on any atom is -0.350 e. The molecule has 0 bridgehead atoms. The van der Waals surface area contributed by atoms with Crippen LogP contribution in [0.15, 0.2) is 54.6 Å². The molecule has 1 atom stereocenters. The molecule has 0 aliphatic heterocycles. The molecule has 4 amide bonds. The van der Waals surface area contributed by atoms with Crippen molar-refractivity contribution in [2.75, 3.05) is 5.32 Å². The molecule has 0 aromatic heterocycles. The first-order valence-electron chi connectivity index (χ1n) is 7.70. The van der Waals surface area contributed by atoms with Crippen LogP contribution in [0.25, 0.3) is 0 Å². The number of rotatable bonds is 4. The van der Waals surface area contributed by atoms with E-state index < -0.39 is 18.0 Å². The van der Waals surface area contributed by atoms with Crippen molar-refractivity contribution in [2.24, 2.45) is 5.73 Å². The fraction of sp³-hybridized carbons (Fsp3) is 0.167. The number of nitrogens with one attached hydrogen (secondary N) is 2. The number of primary amides is 1. The topological polar surface area (TPSA) is 105 Å². The van der Waals surface area contributed by atoms with Gasteiger partial charge in [0.2, 0.25) is 5.91 Å².